The fraction of sp³-hybridized carbons (Fsp3) is 0.467. The summed E-state index contributed by atoms with van der Waals surface area (Å²) in [4.78, 5) is 9.18. The summed E-state index contributed by atoms with van der Waals surface area (Å²) < 4.78 is 0. The molecule has 0 amide bonds. The monoisotopic (exact) mass is 290 g/mol. The van der Waals surface area contributed by atoms with Crippen molar-refractivity contribution < 1.29 is 0 Å². The minimum absolute atomic E-state index is 0.0745. The number of hydrogen-bond acceptors (Lipinski definition) is 5. The number of hydrogen-bond donors (Lipinski definition) is 2. The second-order valence-corrected chi connectivity index (χ2v) is 6.66. The van der Waals surface area contributed by atoms with E-state index in [0.29, 0.717) is 0 Å². The Hall–Kier alpha value is -1.62. The molecule has 0 radical (unpaired) electrons. The maximum absolute atomic E-state index is 4.64. The van der Waals surface area contributed by atoms with E-state index < -0.39 is 0 Å². The first kappa shape index (κ1) is 14.8. The van der Waals surface area contributed by atoms with Crippen LogP contribution in [0.15, 0.2) is 22.9 Å². The van der Waals surface area contributed by atoms with Crippen molar-refractivity contribution in [2.75, 3.05) is 17.7 Å². The second-order valence-electron chi connectivity index (χ2n) is 5.88. The van der Waals surface area contributed by atoms with E-state index in [2.05, 4.69) is 65.1 Å². The van der Waals surface area contributed by atoms with Crippen molar-refractivity contribution in [1.29, 1.82) is 0 Å². The van der Waals surface area contributed by atoms with Crippen LogP contribution in [0.1, 0.15) is 45.1 Å². The fourth-order valence-corrected chi connectivity index (χ4v) is 2.57. The maximum Gasteiger partial charge on any atom is 0.138 e. The zero-order chi connectivity index (χ0) is 14.8. The summed E-state index contributed by atoms with van der Waals surface area (Å²) in [5.41, 5.74) is 1.20. The van der Waals surface area contributed by atoms with Crippen LogP contribution in [-0.4, -0.2) is 17.0 Å². The van der Waals surface area contributed by atoms with E-state index in [-0.39, 0.29) is 11.5 Å². The Bertz CT molecular complexity index is 558. The summed E-state index contributed by atoms with van der Waals surface area (Å²) >= 11 is 1.71. The molecule has 0 saturated carbocycles. The van der Waals surface area contributed by atoms with E-state index in [4.69, 9.17) is 0 Å². The number of nitrogens with one attached hydrogen (secondary N) is 2. The molecule has 1 unspecified atom stereocenters. The number of thiophene rings is 1. The topological polar surface area (TPSA) is 49.8 Å². The molecule has 0 aromatic carbocycles. The van der Waals surface area contributed by atoms with Gasteiger partial charge in [0.1, 0.15) is 17.5 Å². The van der Waals surface area contributed by atoms with Gasteiger partial charge in [0.05, 0.1) is 6.04 Å². The van der Waals surface area contributed by atoms with E-state index in [0.717, 1.165) is 17.5 Å². The van der Waals surface area contributed by atoms with Gasteiger partial charge >= 0.3 is 0 Å². The van der Waals surface area contributed by atoms with Crippen LogP contribution in [0.3, 0.4) is 0 Å². The van der Waals surface area contributed by atoms with Crippen LogP contribution in [0, 0.1) is 0 Å². The summed E-state index contributed by atoms with van der Waals surface area (Å²) in [5.74, 6) is 2.53. The second kappa shape index (κ2) is 5.79. The highest BCUT2D eigenvalue weighted by molar-refractivity contribution is 7.07. The van der Waals surface area contributed by atoms with Crippen LogP contribution in [0.2, 0.25) is 0 Å². The summed E-state index contributed by atoms with van der Waals surface area (Å²) in [5, 5.41) is 10.8. The van der Waals surface area contributed by atoms with Crippen molar-refractivity contribution in [3.8, 4) is 0 Å². The molecule has 1 atom stereocenters. The SMILES string of the molecule is CNc1cc(NC(C)c2ccsc2)nc(C(C)(C)C)n1. The highest BCUT2D eigenvalue weighted by atomic mass is 32.1. The van der Waals surface area contributed by atoms with E-state index >= 15 is 0 Å². The molecular weight excluding hydrogens is 268 g/mol. The van der Waals surface area contributed by atoms with Gasteiger partial charge in [0, 0.05) is 18.5 Å². The predicted octanol–water partition coefficient (Wildman–Crippen LogP) is 4.05. The molecule has 0 aliphatic rings. The van der Waals surface area contributed by atoms with Gasteiger partial charge in [-0.1, -0.05) is 20.8 Å². The lowest BCUT2D eigenvalue weighted by atomic mass is 9.96. The molecule has 0 saturated heterocycles. The predicted molar refractivity (Wildman–Crippen MR) is 86.6 cm³/mol. The van der Waals surface area contributed by atoms with Crippen molar-refractivity contribution in [1.82, 2.24) is 9.97 Å². The lowest BCUT2D eigenvalue weighted by Gasteiger charge is -2.20. The Morgan fingerprint density at radius 2 is 1.90 bits per heavy atom. The first-order valence-corrected chi connectivity index (χ1v) is 7.70. The van der Waals surface area contributed by atoms with E-state index in [9.17, 15) is 0 Å². The molecule has 2 rings (SSSR count). The zero-order valence-corrected chi connectivity index (χ0v) is 13.5. The molecule has 20 heavy (non-hydrogen) atoms. The van der Waals surface area contributed by atoms with Gasteiger partial charge in [-0.05, 0) is 29.3 Å². The Balaban J connectivity index is 2.27. The molecule has 5 heteroatoms. The van der Waals surface area contributed by atoms with Crippen LogP contribution in [-0.2, 0) is 5.41 Å². The van der Waals surface area contributed by atoms with Gasteiger partial charge in [0.15, 0.2) is 0 Å². The van der Waals surface area contributed by atoms with Crippen LogP contribution >= 0.6 is 11.3 Å². The molecule has 4 nitrogen and oxygen atoms in total. The maximum atomic E-state index is 4.64. The zero-order valence-electron chi connectivity index (χ0n) is 12.7. The molecule has 2 aromatic rings. The molecule has 0 spiro atoms. The Morgan fingerprint density at radius 3 is 2.45 bits per heavy atom. The third-order valence-corrected chi connectivity index (χ3v) is 3.76. The van der Waals surface area contributed by atoms with E-state index in [1.54, 1.807) is 11.3 Å². The average Bonchev–Trinajstić information content (AvgIpc) is 2.91. The molecule has 2 heterocycles. The lowest BCUT2D eigenvalue weighted by Crippen LogP contribution is -2.18. The highest BCUT2D eigenvalue weighted by Gasteiger charge is 2.19. The van der Waals surface area contributed by atoms with E-state index in [1.165, 1.54) is 5.56 Å². The first-order chi connectivity index (χ1) is 9.40. The van der Waals surface area contributed by atoms with Gasteiger partial charge in [-0.25, -0.2) is 9.97 Å². The summed E-state index contributed by atoms with van der Waals surface area (Å²) in [6, 6.07) is 4.30. The molecule has 0 aliphatic carbocycles. The fourth-order valence-electron chi connectivity index (χ4n) is 1.81. The third kappa shape index (κ3) is 3.48. The van der Waals surface area contributed by atoms with Crippen molar-refractivity contribution >= 4 is 23.0 Å². The van der Waals surface area contributed by atoms with Crippen LogP contribution in [0.25, 0.3) is 0 Å². The Morgan fingerprint density at radius 1 is 1.20 bits per heavy atom. The minimum atomic E-state index is -0.0745. The van der Waals surface area contributed by atoms with Crippen molar-refractivity contribution in [2.24, 2.45) is 0 Å². The normalized spacial score (nSPS) is 13.1. The molecule has 0 bridgehead atoms. The standard InChI is InChI=1S/C15H22N4S/c1-10(11-6-7-20-9-11)17-13-8-12(16-5)18-14(19-13)15(2,3)4/h6-10H,1-5H3,(H2,16,17,18,19). The van der Waals surface area contributed by atoms with Crippen LogP contribution < -0.4 is 10.6 Å². The molecule has 0 fully saturated rings. The quantitative estimate of drug-likeness (QED) is 0.892. The van der Waals surface area contributed by atoms with E-state index in [1.807, 2.05) is 13.1 Å². The van der Waals surface area contributed by atoms with Gasteiger partial charge in [0.2, 0.25) is 0 Å². The average molecular weight is 290 g/mol. The smallest absolute Gasteiger partial charge is 0.138 e. The molecule has 2 aromatic heterocycles. The highest BCUT2D eigenvalue weighted by Crippen LogP contribution is 2.25. The molecular formula is C15H22N4S. The van der Waals surface area contributed by atoms with Gasteiger partial charge < -0.3 is 10.6 Å². The van der Waals surface area contributed by atoms with Gasteiger partial charge in [-0.2, -0.15) is 11.3 Å². The number of rotatable bonds is 4. The summed E-state index contributed by atoms with van der Waals surface area (Å²) in [7, 11) is 1.88. The molecule has 108 valence electrons. The summed E-state index contributed by atoms with van der Waals surface area (Å²) in [6.07, 6.45) is 0. The van der Waals surface area contributed by atoms with Crippen LogP contribution in [0.5, 0.6) is 0 Å². The largest absolute Gasteiger partial charge is 0.373 e. The molecule has 2 N–H and O–H groups in total. The van der Waals surface area contributed by atoms with Crippen LogP contribution in [0.4, 0.5) is 11.6 Å². The van der Waals surface area contributed by atoms with Crippen molar-refractivity contribution in [3.05, 3.63) is 34.3 Å². The lowest BCUT2D eigenvalue weighted by molar-refractivity contribution is 0.546. The number of aromatic nitrogens is 2. The summed E-state index contributed by atoms with van der Waals surface area (Å²) in [6.45, 7) is 8.50. The Labute approximate surface area is 124 Å². The Kier molecular flexibility index (Phi) is 4.28. The first-order valence-electron chi connectivity index (χ1n) is 6.76. The van der Waals surface area contributed by atoms with Crippen molar-refractivity contribution in [3.63, 3.8) is 0 Å². The number of nitrogens with zero attached hydrogens (tertiary/aromatic N) is 2. The van der Waals surface area contributed by atoms with Crippen molar-refractivity contribution in [2.45, 2.75) is 39.2 Å². The number of anilines is 2. The van der Waals surface area contributed by atoms with Gasteiger partial charge in [-0.15, -0.1) is 0 Å². The third-order valence-electron chi connectivity index (χ3n) is 3.06. The van der Waals surface area contributed by atoms with Gasteiger partial charge in [-0.3, -0.25) is 0 Å². The molecule has 0 aliphatic heterocycles. The van der Waals surface area contributed by atoms with Gasteiger partial charge in [0.25, 0.3) is 0 Å². The minimum Gasteiger partial charge on any atom is -0.373 e.